The molecule has 0 amide bonds. The highest BCUT2D eigenvalue weighted by Gasteiger charge is 2.56. The van der Waals surface area contributed by atoms with Crippen LogP contribution < -0.4 is 0 Å². The highest BCUT2D eigenvalue weighted by atomic mass is 16.5. The zero-order valence-corrected chi connectivity index (χ0v) is 10.1. The minimum atomic E-state index is -0.711. The average molecular weight is 234 g/mol. The Bertz CT molecular complexity index is 382. The Kier molecular flexibility index (Phi) is 3.48. The summed E-state index contributed by atoms with van der Waals surface area (Å²) in [6.45, 7) is 2.48. The summed E-state index contributed by atoms with van der Waals surface area (Å²) in [6, 6.07) is 9.87. The molecule has 3 nitrogen and oxygen atoms in total. The van der Waals surface area contributed by atoms with Crippen LogP contribution in [0.1, 0.15) is 31.7 Å². The summed E-state index contributed by atoms with van der Waals surface area (Å²) in [5.74, 6) is -0.711. The molecule has 1 aliphatic rings. The van der Waals surface area contributed by atoms with E-state index in [9.17, 15) is 9.90 Å². The number of carbonyl (C=O) groups is 1. The second kappa shape index (κ2) is 4.88. The summed E-state index contributed by atoms with van der Waals surface area (Å²) in [4.78, 5) is 11.2. The van der Waals surface area contributed by atoms with Crippen molar-refractivity contribution < 1.29 is 14.6 Å². The predicted molar refractivity (Wildman–Crippen MR) is 64.6 cm³/mol. The number of ether oxygens (including phenoxy) is 1. The van der Waals surface area contributed by atoms with Crippen molar-refractivity contribution in [3.8, 4) is 0 Å². The highest BCUT2D eigenvalue weighted by molar-refractivity contribution is 5.78. The van der Waals surface area contributed by atoms with Gasteiger partial charge in [-0.2, -0.15) is 0 Å². The highest BCUT2D eigenvalue weighted by Crippen LogP contribution is 2.51. The third-order valence-electron chi connectivity index (χ3n) is 3.50. The van der Waals surface area contributed by atoms with Gasteiger partial charge in [0.05, 0.1) is 18.1 Å². The van der Waals surface area contributed by atoms with E-state index in [0.717, 1.165) is 24.8 Å². The van der Waals surface area contributed by atoms with Gasteiger partial charge < -0.3 is 9.84 Å². The maximum absolute atomic E-state index is 11.2. The molecule has 1 N–H and O–H groups in total. The first-order valence-electron chi connectivity index (χ1n) is 6.08. The summed E-state index contributed by atoms with van der Waals surface area (Å²) in [5.41, 5.74) is 0.482. The molecule has 2 rings (SSSR count). The van der Waals surface area contributed by atoms with Crippen LogP contribution in [0.25, 0.3) is 0 Å². The van der Waals surface area contributed by atoms with Gasteiger partial charge in [-0.1, -0.05) is 37.3 Å². The molecule has 17 heavy (non-hydrogen) atoms. The molecule has 1 fully saturated rings. The van der Waals surface area contributed by atoms with Crippen molar-refractivity contribution >= 4 is 5.97 Å². The number of benzene rings is 1. The van der Waals surface area contributed by atoms with Crippen molar-refractivity contribution in [2.75, 3.05) is 0 Å². The maximum Gasteiger partial charge on any atom is 0.312 e. The molecule has 0 saturated heterocycles. The van der Waals surface area contributed by atoms with Crippen LogP contribution in [0.5, 0.6) is 0 Å². The number of carboxylic acid groups (broad SMARTS) is 1. The number of hydrogen-bond donors (Lipinski definition) is 1. The molecule has 0 spiro atoms. The maximum atomic E-state index is 11.2. The standard InChI is InChI=1S/C14H18O3/c1-2-12(14(8-9-14)13(15)16)17-10-11-6-4-3-5-7-11/h3-7,12H,2,8-10H2,1H3,(H,15,16). The Morgan fingerprint density at radius 2 is 2.06 bits per heavy atom. The van der Waals surface area contributed by atoms with Gasteiger partial charge in [0.1, 0.15) is 0 Å². The number of carboxylic acids is 1. The van der Waals surface area contributed by atoms with Gasteiger partial charge in [-0.15, -0.1) is 0 Å². The molecule has 0 heterocycles. The van der Waals surface area contributed by atoms with Crippen LogP contribution >= 0.6 is 0 Å². The fraction of sp³-hybridized carbons (Fsp3) is 0.500. The van der Waals surface area contributed by atoms with E-state index in [4.69, 9.17) is 4.74 Å². The van der Waals surface area contributed by atoms with Crippen molar-refractivity contribution in [1.82, 2.24) is 0 Å². The molecular weight excluding hydrogens is 216 g/mol. The molecule has 1 aromatic rings. The smallest absolute Gasteiger partial charge is 0.312 e. The van der Waals surface area contributed by atoms with Crippen LogP contribution in [0.4, 0.5) is 0 Å². The van der Waals surface area contributed by atoms with E-state index < -0.39 is 11.4 Å². The molecule has 0 aromatic heterocycles. The number of hydrogen-bond acceptors (Lipinski definition) is 2. The topological polar surface area (TPSA) is 46.5 Å². The van der Waals surface area contributed by atoms with Crippen molar-refractivity contribution in [2.45, 2.75) is 38.9 Å². The Morgan fingerprint density at radius 3 is 2.53 bits per heavy atom. The van der Waals surface area contributed by atoms with E-state index in [1.807, 2.05) is 37.3 Å². The molecule has 1 saturated carbocycles. The van der Waals surface area contributed by atoms with Crippen LogP contribution in [-0.4, -0.2) is 17.2 Å². The summed E-state index contributed by atoms with van der Waals surface area (Å²) in [7, 11) is 0. The minimum absolute atomic E-state index is 0.166. The molecule has 1 atom stereocenters. The van der Waals surface area contributed by atoms with Gasteiger partial charge in [-0.25, -0.2) is 0 Å². The van der Waals surface area contributed by atoms with Gasteiger partial charge in [0.25, 0.3) is 0 Å². The number of rotatable bonds is 6. The third-order valence-corrected chi connectivity index (χ3v) is 3.50. The molecular formula is C14H18O3. The summed E-state index contributed by atoms with van der Waals surface area (Å²) in [6.07, 6.45) is 2.07. The predicted octanol–water partition coefficient (Wildman–Crippen LogP) is 2.85. The number of aliphatic carboxylic acids is 1. The summed E-state index contributed by atoms with van der Waals surface area (Å²) in [5, 5.41) is 9.22. The lowest BCUT2D eigenvalue weighted by Gasteiger charge is -2.22. The molecule has 0 radical (unpaired) electrons. The molecule has 1 unspecified atom stereocenters. The molecule has 1 aliphatic carbocycles. The van der Waals surface area contributed by atoms with E-state index in [-0.39, 0.29) is 6.10 Å². The largest absolute Gasteiger partial charge is 0.481 e. The first-order valence-corrected chi connectivity index (χ1v) is 6.08. The minimum Gasteiger partial charge on any atom is -0.481 e. The Labute approximate surface area is 101 Å². The van der Waals surface area contributed by atoms with Gasteiger partial charge in [0.15, 0.2) is 0 Å². The quantitative estimate of drug-likeness (QED) is 0.823. The van der Waals surface area contributed by atoms with Gasteiger partial charge in [-0.05, 0) is 24.8 Å². The van der Waals surface area contributed by atoms with Crippen LogP contribution in [0.3, 0.4) is 0 Å². The second-order valence-electron chi connectivity index (χ2n) is 4.65. The fourth-order valence-electron chi connectivity index (χ4n) is 2.25. The van der Waals surface area contributed by atoms with Crippen molar-refractivity contribution in [3.63, 3.8) is 0 Å². The molecule has 1 aromatic carbocycles. The summed E-state index contributed by atoms with van der Waals surface area (Å²) < 4.78 is 5.79. The van der Waals surface area contributed by atoms with Gasteiger partial charge in [0, 0.05) is 0 Å². The van der Waals surface area contributed by atoms with Crippen LogP contribution in [-0.2, 0) is 16.1 Å². The lowest BCUT2D eigenvalue weighted by Crippen LogP contribution is -2.31. The van der Waals surface area contributed by atoms with Crippen LogP contribution in [0.15, 0.2) is 30.3 Å². The van der Waals surface area contributed by atoms with Crippen molar-refractivity contribution in [1.29, 1.82) is 0 Å². The Hall–Kier alpha value is -1.35. The third kappa shape index (κ3) is 2.50. The normalized spacial score (nSPS) is 18.6. The monoisotopic (exact) mass is 234 g/mol. The average Bonchev–Trinajstić information content (AvgIpc) is 3.13. The van der Waals surface area contributed by atoms with E-state index in [1.165, 1.54) is 0 Å². The second-order valence-corrected chi connectivity index (χ2v) is 4.65. The first kappa shape index (κ1) is 12.1. The lowest BCUT2D eigenvalue weighted by molar-refractivity contribution is -0.151. The van der Waals surface area contributed by atoms with Gasteiger partial charge in [0.2, 0.25) is 0 Å². The molecule has 0 bridgehead atoms. The van der Waals surface area contributed by atoms with Gasteiger partial charge in [-0.3, -0.25) is 4.79 Å². The zero-order valence-electron chi connectivity index (χ0n) is 10.1. The van der Waals surface area contributed by atoms with E-state index in [0.29, 0.717) is 6.61 Å². The van der Waals surface area contributed by atoms with E-state index in [2.05, 4.69) is 0 Å². The van der Waals surface area contributed by atoms with Crippen molar-refractivity contribution in [2.24, 2.45) is 5.41 Å². The zero-order chi connectivity index (χ0) is 12.3. The van der Waals surface area contributed by atoms with E-state index in [1.54, 1.807) is 0 Å². The SMILES string of the molecule is CCC(OCc1ccccc1)C1(C(=O)O)CC1. The molecule has 3 heteroatoms. The Morgan fingerprint density at radius 1 is 1.41 bits per heavy atom. The van der Waals surface area contributed by atoms with Crippen molar-refractivity contribution in [3.05, 3.63) is 35.9 Å². The molecule has 92 valence electrons. The van der Waals surface area contributed by atoms with Crippen LogP contribution in [0.2, 0.25) is 0 Å². The van der Waals surface area contributed by atoms with Gasteiger partial charge >= 0.3 is 5.97 Å². The molecule has 0 aliphatic heterocycles. The van der Waals surface area contributed by atoms with Crippen LogP contribution in [0, 0.1) is 5.41 Å². The first-order chi connectivity index (χ1) is 8.19. The summed E-state index contributed by atoms with van der Waals surface area (Å²) >= 11 is 0. The fourth-order valence-corrected chi connectivity index (χ4v) is 2.25. The van der Waals surface area contributed by atoms with E-state index >= 15 is 0 Å². The Balaban J connectivity index is 1.95. The lowest BCUT2D eigenvalue weighted by atomic mass is 9.97.